The van der Waals surface area contributed by atoms with E-state index in [9.17, 15) is 0 Å². The Morgan fingerprint density at radius 2 is 1.92 bits per heavy atom. The van der Waals surface area contributed by atoms with E-state index in [0.29, 0.717) is 0 Å². The minimum Gasteiger partial charge on any atom is -0.411 e. The van der Waals surface area contributed by atoms with Crippen molar-refractivity contribution in [1.29, 1.82) is 0 Å². The predicted molar refractivity (Wildman–Crippen MR) is 45.1 cm³/mol. The van der Waals surface area contributed by atoms with Crippen molar-refractivity contribution >= 4 is 5.71 Å². The molecule has 0 unspecified atom stereocenters. The van der Waals surface area contributed by atoms with Gasteiger partial charge in [0.2, 0.25) is 0 Å². The first-order valence-corrected chi connectivity index (χ1v) is 3.64. The Hall–Kier alpha value is -0.791. The van der Waals surface area contributed by atoms with E-state index < -0.39 is 0 Å². The number of hydrogen-bond acceptors (Lipinski definition) is 2. The summed E-state index contributed by atoms with van der Waals surface area (Å²) in [6.45, 7) is 1.96. The topological polar surface area (TPSA) is 32.6 Å². The molecule has 0 saturated carbocycles. The van der Waals surface area contributed by atoms with E-state index in [2.05, 4.69) is 5.16 Å². The van der Waals surface area contributed by atoms with Crippen molar-refractivity contribution in [3.8, 4) is 0 Å². The fourth-order valence-electron chi connectivity index (χ4n) is 0.963. The van der Waals surface area contributed by atoms with Crippen molar-refractivity contribution in [3.05, 3.63) is 35.9 Å². The molecule has 3 heteroatoms. The largest absolute Gasteiger partial charge is 0.411 e. The van der Waals surface area contributed by atoms with E-state index in [0.717, 1.165) is 17.7 Å². The summed E-state index contributed by atoms with van der Waals surface area (Å²) in [6.07, 6.45) is 0.751. The standard InChI is InChI=1S/C9H11NO.Fe/c1-2-9(10-11)8-6-4-3-5-7-8;/h3-7,11H,2H2,1H3;. The third-order valence-electron chi connectivity index (χ3n) is 1.56. The van der Waals surface area contributed by atoms with Crippen LogP contribution >= 0.6 is 0 Å². The van der Waals surface area contributed by atoms with Crippen molar-refractivity contribution < 1.29 is 22.3 Å². The molecule has 66 valence electrons. The maximum absolute atomic E-state index is 8.57. The van der Waals surface area contributed by atoms with Gasteiger partial charge in [-0.25, -0.2) is 0 Å². The van der Waals surface area contributed by atoms with E-state index in [4.69, 9.17) is 5.21 Å². The molecular formula is C9H11FeNO. The summed E-state index contributed by atoms with van der Waals surface area (Å²) in [7, 11) is 0. The second kappa shape index (κ2) is 5.81. The van der Waals surface area contributed by atoms with Crippen LogP contribution in [0.1, 0.15) is 18.9 Å². The Morgan fingerprint density at radius 3 is 2.33 bits per heavy atom. The maximum Gasteiger partial charge on any atom is 0.0865 e. The van der Waals surface area contributed by atoms with Gasteiger partial charge in [-0.15, -0.1) is 0 Å². The van der Waals surface area contributed by atoms with Crippen LogP contribution in [-0.4, -0.2) is 10.9 Å². The SMILES string of the molecule is CCC(=NO)c1ccccc1.[Fe]. The smallest absolute Gasteiger partial charge is 0.0865 e. The molecule has 0 spiro atoms. The summed E-state index contributed by atoms with van der Waals surface area (Å²) in [5.74, 6) is 0. The van der Waals surface area contributed by atoms with Crippen LogP contribution in [0.25, 0.3) is 0 Å². The zero-order valence-corrected chi connectivity index (χ0v) is 7.95. The minimum absolute atomic E-state index is 0. The zero-order valence-electron chi connectivity index (χ0n) is 6.84. The van der Waals surface area contributed by atoms with Crippen molar-refractivity contribution in [3.63, 3.8) is 0 Å². The van der Waals surface area contributed by atoms with Gasteiger partial charge in [-0.2, -0.15) is 0 Å². The molecule has 0 radical (unpaired) electrons. The van der Waals surface area contributed by atoms with Crippen LogP contribution < -0.4 is 0 Å². The van der Waals surface area contributed by atoms with Crippen LogP contribution in [0, 0.1) is 0 Å². The van der Waals surface area contributed by atoms with E-state index in [1.807, 2.05) is 37.3 Å². The molecule has 1 rings (SSSR count). The second-order valence-corrected chi connectivity index (χ2v) is 2.27. The van der Waals surface area contributed by atoms with Crippen LogP contribution in [0.15, 0.2) is 35.5 Å². The molecule has 1 aromatic carbocycles. The van der Waals surface area contributed by atoms with Gasteiger partial charge in [-0.05, 0) is 12.0 Å². The summed E-state index contributed by atoms with van der Waals surface area (Å²) >= 11 is 0. The number of nitrogens with zero attached hydrogens (tertiary/aromatic N) is 1. The molecule has 0 heterocycles. The fourth-order valence-corrected chi connectivity index (χ4v) is 0.963. The quantitative estimate of drug-likeness (QED) is 0.341. The summed E-state index contributed by atoms with van der Waals surface area (Å²) in [6, 6.07) is 9.65. The number of benzene rings is 1. The molecule has 0 aliphatic rings. The van der Waals surface area contributed by atoms with Gasteiger partial charge in [0.05, 0.1) is 5.71 Å². The Balaban J connectivity index is 0.00000121. The van der Waals surface area contributed by atoms with E-state index in [1.54, 1.807) is 0 Å². The van der Waals surface area contributed by atoms with Crippen molar-refractivity contribution in [1.82, 2.24) is 0 Å². The molecule has 1 aromatic rings. The summed E-state index contributed by atoms with van der Waals surface area (Å²) in [5, 5.41) is 11.8. The van der Waals surface area contributed by atoms with Crippen molar-refractivity contribution in [2.24, 2.45) is 5.16 Å². The number of hydrogen-bond donors (Lipinski definition) is 1. The van der Waals surface area contributed by atoms with Gasteiger partial charge in [-0.3, -0.25) is 0 Å². The number of rotatable bonds is 2. The van der Waals surface area contributed by atoms with Crippen LogP contribution in [0.5, 0.6) is 0 Å². The van der Waals surface area contributed by atoms with Gasteiger partial charge >= 0.3 is 0 Å². The van der Waals surface area contributed by atoms with E-state index in [1.165, 1.54) is 0 Å². The Morgan fingerprint density at radius 1 is 1.33 bits per heavy atom. The molecule has 0 amide bonds. The summed E-state index contributed by atoms with van der Waals surface area (Å²) in [5.41, 5.74) is 1.71. The molecule has 0 atom stereocenters. The van der Waals surface area contributed by atoms with Gasteiger partial charge in [-0.1, -0.05) is 42.4 Å². The Kier molecular flexibility index (Phi) is 5.43. The fraction of sp³-hybridized carbons (Fsp3) is 0.222. The zero-order chi connectivity index (χ0) is 8.10. The molecule has 0 fully saturated rings. The molecule has 1 N–H and O–H groups in total. The third kappa shape index (κ3) is 2.68. The van der Waals surface area contributed by atoms with Gasteiger partial charge in [0.1, 0.15) is 0 Å². The van der Waals surface area contributed by atoms with Gasteiger partial charge in [0.15, 0.2) is 0 Å². The molecule has 0 aliphatic heterocycles. The van der Waals surface area contributed by atoms with Crippen LogP contribution in [0.2, 0.25) is 0 Å². The normalized spacial score (nSPS) is 10.6. The molecule has 0 bridgehead atoms. The van der Waals surface area contributed by atoms with Gasteiger partial charge < -0.3 is 5.21 Å². The Bertz CT molecular complexity index is 246. The number of oxime groups is 1. The van der Waals surface area contributed by atoms with Crippen molar-refractivity contribution in [2.45, 2.75) is 13.3 Å². The average molecular weight is 205 g/mol. The molecule has 0 aromatic heterocycles. The Labute approximate surface area is 82.8 Å². The molecular weight excluding hydrogens is 194 g/mol. The summed E-state index contributed by atoms with van der Waals surface area (Å²) in [4.78, 5) is 0. The van der Waals surface area contributed by atoms with E-state index >= 15 is 0 Å². The van der Waals surface area contributed by atoms with Gasteiger partial charge in [0, 0.05) is 17.1 Å². The molecule has 12 heavy (non-hydrogen) atoms. The van der Waals surface area contributed by atoms with Gasteiger partial charge in [0.25, 0.3) is 0 Å². The predicted octanol–water partition coefficient (Wildman–Crippen LogP) is 2.27. The second-order valence-electron chi connectivity index (χ2n) is 2.27. The average Bonchev–Trinajstić information content (AvgIpc) is 2.09. The van der Waals surface area contributed by atoms with Crippen LogP contribution in [-0.2, 0) is 17.1 Å². The monoisotopic (exact) mass is 205 g/mol. The first-order valence-electron chi connectivity index (χ1n) is 3.64. The summed E-state index contributed by atoms with van der Waals surface area (Å²) < 4.78 is 0. The van der Waals surface area contributed by atoms with E-state index in [-0.39, 0.29) is 17.1 Å². The van der Waals surface area contributed by atoms with Crippen molar-refractivity contribution in [2.75, 3.05) is 0 Å². The maximum atomic E-state index is 8.57. The molecule has 2 nitrogen and oxygen atoms in total. The van der Waals surface area contributed by atoms with Crippen LogP contribution in [0.4, 0.5) is 0 Å². The molecule has 0 saturated heterocycles. The minimum atomic E-state index is 0. The molecule has 0 aliphatic carbocycles. The van der Waals surface area contributed by atoms with Crippen LogP contribution in [0.3, 0.4) is 0 Å². The first-order chi connectivity index (χ1) is 5.38. The third-order valence-corrected chi connectivity index (χ3v) is 1.56. The first kappa shape index (κ1) is 11.2.